The van der Waals surface area contributed by atoms with E-state index in [1.165, 1.54) is 0 Å². The van der Waals surface area contributed by atoms with E-state index in [4.69, 9.17) is 4.74 Å². The molecule has 3 aromatic carbocycles. The first-order chi connectivity index (χ1) is 14.5. The van der Waals surface area contributed by atoms with E-state index in [0.29, 0.717) is 12.1 Å². The number of para-hydroxylation sites is 1. The Bertz CT molecular complexity index is 1020. The third kappa shape index (κ3) is 4.12. The molecule has 3 aromatic rings. The number of rotatable bonds is 5. The maximum Gasteiger partial charge on any atom is 0.262 e. The maximum absolute atomic E-state index is 16.5. The predicted octanol–water partition coefficient (Wildman–Crippen LogP) is 6.47. The first-order valence-corrected chi connectivity index (χ1v) is 10.7. The SMILES string of the molecule is COc1cccc([C@@H]2C[C@@H](c3ccc(Br)cc3)[C@@](F)(C(=O)Nc3ccccc3)C2)c1. The molecule has 3 atom stereocenters. The van der Waals surface area contributed by atoms with Crippen molar-refractivity contribution < 1.29 is 13.9 Å². The van der Waals surface area contributed by atoms with Gasteiger partial charge in [0.25, 0.3) is 5.91 Å². The summed E-state index contributed by atoms with van der Waals surface area (Å²) in [6.45, 7) is 0. The Kier molecular flexibility index (Phi) is 5.91. The van der Waals surface area contributed by atoms with E-state index in [9.17, 15) is 4.79 Å². The lowest BCUT2D eigenvalue weighted by Gasteiger charge is -2.26. The summed E-state index contributed by atoms with van der Waals surface area (Å²) in [5, 5.41) is 2.78. The molecular formula is C25H23BrFNO2. The Morgan fingerprint density at radius 3 is 2.47 bits per heavy atom. The van der Waals surface area contributed by atoms with Crippen molar-refractivity contribution >= 4 is 27.5 Å². The highest BCUT2D eigenvalue weighted by molar-refractivity contribution is 9.10. The third-order valence-electron chi connectivity index (χ3n) is 5.86. The van der Waals surface area contributed by atoms with E-state index in [-0.39, 0.29) is 12.3 Å². The fourth-order valence-corrected chi connectivity index (χ4v) is 4.57. The van der Waals surface area contributed by atoms with Crippen LogP contribution in [-0.2, 0) is 4.79 Å². The van der Waals surface area contributed by atoms with Gasteiger partial charge >= 0.3 is 0 Å². The summed E-state index contributed by atoms with van der Waals surface area (Å²) in [4.78, 5) is 13.2. The number of hydrogen-bond donors (Lipinski definition) is 1. The molecule has 0 bridgehead atoms. The number of methoxy groups -OCH3 is 1. The second-order valence-electron chi connectivity index (χ2n) is 7.70. The summed E-state index contributed by atoms with van der Waals surface area (Å²) in [6.07, 6.45) is 0.674. The molecule has 1 aliphatic carbocycles. The first kappa shape index (κ1) is 20.6. The number of anilines is 1. The van der Waals surface area contributed by atoms with E-state index in [1.54, 1.807) is 19.2 Å². The minimum atomic E-state index is -2.02. The van der Waals surface area contributed by atoms with Crippen LogP contribution in [0, 0.1) is 0 Å². The fourth-order valence-electron chi connectivity index (χ4n) is 4.31. The number of hydrogen-bond acceptors (Lipinski definition) is 2. The largest absolute Gasteiger partial charge is 0.497 e. The highest BCUT2D eigenvalue weighted by Crippen LogP contribution is 2.53. The zero-order valence-electron chi connectivity index (χ0n) is 16.6. The summed E-state index contributed by atoms with van der Waals surface area (Å²) in [5.74, 6) is -0.476. The standard InChI is InChI=1S/C25H23BrFNO2/c1-30-22-9-5-6-18(14-22)19-15-23(17-10-12-20(26)13-11-17)25(27,16-19)24(29)28-21-7-3-2-4-8-21/h2-14,19,23H,15-16H2,1H3,(H,28,29)/t19-,23+,25-/m1/s1. The molecule has 0 spiro atoms. The van der Waals surface area contributed by atoms with Crippen molar-refractivity contribution in [3.63, 3.8) is 0 Å². The van der Waals surface area contributed by atoms with Crippen LogP contribution in [-0.4, -0.2) is 18.7 Å². The van der Waals surface area contributed by atoms with Crippen LogP contribution in [0.15, 0.2) is 83.3 Å². The zero-order valence-corrected chi connectivity index (χ0v) is 18.2. The van der Waals surface area contributed by atoms with Crippen molar-refractivity contribution in [2.24, 2.45) is 0 Å². The average Bonchev–Trinajstić information content (AvgIpc) is 3.14. The summed E-state index contributed by atoms with van der Waals surface area (Å²) in [7, 11) is 1.62. The smallest absolute Gasteiger partial charge is 0.262 e. The first-order valence-electron chi connectivity index (χ1n) is 9.94. The number of carbonyl (C=O) groups excluding carboxylic acids is 1. The topological polar surface area (TPSA) is 38.3 Å². The Morgan fingerprint density at radius 1 is 1.03 bits per heavy atom. The van der Waals surface area contributed by atoms with E-state index >= 15 is 4.39 Å². The molecule has 0 unspecified atom stereocenters. The van der Waals surface area contributed by atoms with Gasteiger partial charge in [-0.05, 0) is 66.3 Å². The van der Waals surface area contributed by atoms with Gasteiger partial charge in [0.1, 0.15) is 5.75 Å². The second kappa shape index (κ2) is 8.60. The van der Waals surface area contributed by atoms with Crippen LogP contribution >= 0.6 is 15.9 Å². The zero-order chi connectivity index (χ0) is 21.1. The van der Waals surface area contributed by atoms with Crippen molar-refractivity contribution in [2.75, 3.05) is 12.4 Å². The fraction of sp³-hybridized carbons (Fsp3) is 0.240. The molecular weight excluding hydrogens is 445 g/mol. The van der Waals surface area contributed by atoms with Crippen LogP contribution in [0.1, 0.15) is 35.8 Å². The second-order valence-corrected chi connectivity index (χ2v) is 8.62. The van der Waals surface area contributed by atoms with Gasteiger partial charge in [-0.3, -0.25) is 4.79 Å². The lowest BCUT2D eigenvalue weighted by Crippen LogP contribution is -2.41. The number of benzene rings is 3. The van der Waals surface area contributed by atoms with Gasteiger partial charge in [-0.25, -0.2) is 4.39 Å². The van der Waals surface area contributed by atoms with Crippen molar-refractivity contribution in [1.82, 2.24) is 0 Å². The minimum absolute atomic E-state index is 0.0831. The predicted molar refractivity (Wildman–Crippen MR) is 121 cm³/mol. The van der Waals surface area contributed by atoms with Gasteiger partial charge < -0.3 is 10.1 Å². The van der Waals surface area contributed by atoms with Gasteiger partial charge in [0, 0.05) is 16.1 Å². The molecule has 0 heterocycles. The number of alkyl halides is 1. The van der Waals surface area contributed by atoms with Gasteiger partial charge in [-0.2, -0.15) is 0 Å². The molecule has 1 aliphatic rings. The molecule has 30 heavy (non-hydrogen) atoms. The highest BCUT2D eigenvalue weighted by Gasteiger charge is 2.54. The molecule has 4 rings (SSSR count). The molecule has 3 nitrogen and oxygen atoms in total. The molecule has 154 valence electrons. The number of carbonyl (C=O) groups is 1. The Labute approximate surface area is 184 Å². The number of nitrogens with one attached hydrogen (secondary N) is 1. The van der Waals surface area contributed by atoms with Crippen LogP contribution in [0.4, 0.5) is 10.1 Å². The van der Waals surface area contributed by atoms with Crippen molar-refractivity contribution in [3.8, 4) is 5.75 Å². The van der Waals surface area contributed by atoms with Gasteiger partial charge in [0.05, 0.1) is 7.11 Å². The molecule has 1 amide bonds. The normalized spacial score (nSPS) is 23.2. The minimum Gasteiger partial charge on any atom is -0.497 e. The van der Waals surface area contributed by atoms with Crippen LogP contribution in [0.3, 0.4) is 0 Å². The van der Waals surface area contributed by atoms with Crippen LogP contribution in [0.25, 0.3) is 0 Å². The average molecular weight is 468 g/mol. The third-order valence-corrected chi connectivity index (χ3v) is 6.39. The monoisotopic (exact) mass is 467 g/mol. The summed E-state index contributed by atoms with van der Waals surface area (Å²) in [6, 6.07) is 24.3. The molecule has 0 aliphatic heterocycles. The number of halogens is 2. The van der Waals surface area contributed by atoms with Crippen molar-refractivity contribution in [1.29, 1.82) is 0 Å². The van der Waals surface area contributed by atoms with Crippen molar-refractivity contribution in [2.45, 2.75) is 30.3 Å². The molecule has 1 saturated carbocycles. The summed E-state index contributed by atoms with van der Waals surface area (Å²) >= 11 is 3.43. The molecule has 0 radical (unpaired) electrons. The van der Waals surface area contributed by atoms with Crippen molar-refractivity contribution in [3.05, 3.63) is 94.5 Å². The molecule has 0 saturated heterocycles. The maximum atomic E-state index is 16.5. The van der Waals surface area contributed by atoms with E-state index in [2.05, 4.69) is 21.2 Å². The highest BCUT2D eigenvalue weighted by atomic mass is 79.9. The van der Waals surface area contributed by atoms with E-state index < -0.39 is 17.5 Å². The Hall–Kier alpha value is -2.66. The van der Waals surface area contributed by atoms with Crippen LogP contribution in [0.5, 0.6) is 5.75 Å². The number of ether oxygens (including phenoxy) is 1. The van der Waals surface area contributed by atoms with Crippen LogP contribution < -0.4 is 10.1 Å². The van der Waals surface area contributed by atoms with E-state index in [1.807, 2.05) is 66.7 Å². The molecule has 1 N–H and O–H groups in total. The molecule has 0 aromatic heterocycles. The lowest BCUT2D eigenvalue weighted by atomic mass is 9.85. The van der Waals surface area contributed by atoms with E-state index in [0.717, 1.165) is 21.3 Å². The van der Waals surface area contributed by atoms with Gasteiger partial charge in [0.2, 0.25) is 0 Å². The van der Waals surface area contributed by atoms with Gasteiger partial charge in [-0.15, -0.1) is 0 Å². The lowest BCUT2D eigenvalue weighted by molar-refractivity contribution is -0.128. The Morgan fingerprint density at radius 2 is 1.77 bits per heavy atom. The molecule has 5 heteroatoms. The van der Waals surface area contributed by atoms with Gasteiger partial charge in [-0.1, -0.05) is 58.4 Å². The van der Waals surface area contributed by atoms with Crippen LogP contribution in [0.2, 0.25) is 0 Å². The summed E-state index contributed by atoms with van der Waals surface area (Å²) in [5.41, 5.74) is 0.397. The Balaban J connectivity index is 1.68. The molecule has 1 fully saturated rings. The summed E-state index contributed by atoms with van der Waals surface area (Å²) < 4.78 is 22.8. The number of amides is 1. The quantitative estimate of drug-likeness (QED) is 0.467. The van der Waals surface area contributed by atoms with Gasteiger partial charge in [0.15, 0.2) is 5.67 Å².